The van der Waals surface area contributed by atoms with Crippen LogP contribution in [0.15, 0.2) is 24.5 Å². The third-order valence-electron chi connectivity index (χ3n) is 2.43. The molecule has 0 amide bonds. The van der Waals surface area contributed by atoms with Gasteiger partial charge in [-0.15, -0.1) is 0 Å². The number of hydrogen-bond donors (Lipinski definition) is 2. The molecule has 0 aromatic carbocycles. The fourth-order valence-corrected chi connectivity index (χ4v) is 1.49. The lowest BCUT2D eigenvalue weighted by atomic mass is 10.2. The van der Waals surface area contributed by atoms with E-state index in [4.69, 9.17) is 10.6 Å². The van der Waals surface area contributed by atoms with Crippen molar-refractivity contribution >= 4 is 5.82 Å². The van der Waals surface area contributed by atoms with Crippen LogP contribution < -0.4 is 16.0 Å². The summed E-state index contributed by atoms with van der Waals surface area (Å²) in [5.74, 6) is 5.03. The average molecular weight is 287 g/mol. The smallest absolute Gasteiger partial charge is 0.416 e. The molecule has 2 aromatic heterocycles. The molecule has 0 radical (unpaired) electrons. The van der Waals surface area contributed by atoms with Crippen LogP contribution in [-0.2, 0) is 12.7 Å². The van der Waals surface area contributed by atoms with Crippen LogP contribution in [0.5, 0.6) is 11.6 Å². The average Bonchev–Trinajstić information content (AvgIpc) is 2.85. The van der Waals surface area contributed by atoms with E-state index in [0.717, 1.165) is 12.1 Å². The summed E-state index contributed by atoms with van der Waals surface area (Å²) in [6.45, 7) is 2.49. The first-order chi connectivity index (χ1) is 9.42. The molecule has 2 heterocycles. The lowest BCUT2D eigenvalue weighted by Crippen LogP contribution is -2.12. The van der Waals surface area contributed by atoms with Gasteiger partial charge in [0.05, 0.1) is 18.0 Å². The van der Waals surface area contributed by atoms with Crippen molar-refractivity contribution in [3.8, 4) is 11.6 Å². The summed E-state index contributed by atoms with van der Waals surface area (Å²) in [5, 5.41) is 3.95. The number of ether oxygens (including phenoxy) is 1. The van der Waals surface area contributed by atoms with Crippen molar-refractivity contribution in [2.45, 2.75) is 19.6 Å². The van der Waals surface area contributed by atoms with Gasteiger partial charge in [-0.1, -0.05) is 0 Å². The van der Waals surface area contributed by atoms with E-state index in [2.05, 4.69) is 15.5 Å². The minimum atomic E-state index is -4.51. The molecule has 0 bridgehead atoms. The van der Waals surface area contributed by atoms with Gasteiger partial charge in [-0.05, 0) is 13.0 Å². The van der Waals surface area contributed by atoms with Gasteiger partial charge in [0, 0.05) is 12.6 Å². The van der Waals surface area contributed by atoms with Crippen LogP contribution in [0.3, 0.4) is 0 Å². The zero-order chi connectivity index (χ0) is 14.8. The lowest BCUT2D eigenvalue weighted by molar-refractivity contribution is -0.137. The van der Waals surface area contributed by atoms with E-state index in [-0.39, 0.29) is 11.7 Å². The van der Waals surface area contributed by atoms with E-state index in [9.17, 15) is 13.2 Å². The number of nitrogens with zero attached hydrogens (tertiary/aromatic N) is 3. The predicted molar refractivity (Wildman–Crippen MR) is 65.0 cm³/mol. The number of aromatic nitrogens is 3. The number of pyridine rings is 1. The molecule has 3 N–H and O–H groups in total. The Morgan fingerprint density at radius 2 is 2.15 bits per heavy atom. The highest BCUT2D eigenvalue weighted by atomic mass is 19.4. The van der Waals surface area contributed by atoms with Crippen LogP contribution in [0.1, 0.15) is 12.5 Å². The molecule has 0 saturated heterocycles. The first-order valence-electron chi connectivity index (χ1n) is 5.68. The first kappa shape index (κ1) is 14.1. The number of aryl methyl sites for hydroxylation is 1. The molecule has 2 aromatic rings. The molecule has 0 aliphatic rings. The molecule has 0 aliphatic carbocycles. The lowest BCUT2D eigenvalue weighted by Gasteiger charge is -2.10. The maximum atomic E-state index is 12.7. The van der Waals surface area contributed by atoms with Gasteiger partial charge in [-0.3, -0.25) is 4.68 Å². The molecule has 0 atom stereocenters. The number of hydrazine groups is 1. The van der Waals surface area contributed by atoms with E-state index in [1.807, 2.05) is 6.92 Å². The predicted octanol–water partition coefficient (Wildman–Crippen LogP) is 2.39. The van der Waals surface area contributed by atoms with Crippen molar-refractivity contribution in [3.05, 3.63) is 30.1 Å². The van der Waals surface area contributed by atoms with Gasteiger partial charge in [-0.2, -0.15) is 23.3 Å². The normalized spacial score (nSPS) is 11.4. The van der Waals surface area contributed by atoms with E-state index < -0.39 is 11.7 Å². The quantitative estimate of drug-likeness (QED) is 0.667. The van der Waals surface area contributed by atoms with Gasteiger partial charge in [0.25, 0.3) is 0 Å². The number of alkyl halides is 3. The Labute approximate surface area is 112 Å². The zero-order valence-electron chi connectivity index (χ0n) is 10.5. The summed E-state index contributed by atoms with van der Waals surface area (Å²) >= 11 is 0. The summed E-state index contributed by atoms with van der Waals surface area (Å²) in [6, 6.07) is 1.59. The van der Waals surface area contributed by atoms with Crippen LogP contribution in [0.2, 0.25) is 0 Å². The summed E-state index contributed by atoms with van der Waals surface area (Å²) in [6.07, 6.45) is -1.57. The van der Waals surface area contributed by atoms with Crippen molar-refractivity contribution in [2.75, 3.05) is 5.43 Å². The van der Waals surface area contributed by atoms with Gasteiger partial charge >= 0.3 is 6.18 Å². The minimum Gasteiger partial charge on any atom is -0.436 e. The summed E-state index contributed by atoms with van der Waals surface area (Å²) < 4.78 is 45.0. The molecule has 2 rings (SSSR count). The van der Waals surface area contributed by atoms with Gasteiger partial charge in [-0.25, -0.2) is 5.84 Å². The number of rotatable bonds is 4. The standard InChI is InChI=1S/C11H12F3N5O/c1-2-19-6-8(5-16-19)20-10-4-7(11(12,13)14)3-9(17-10)18-15/h3-6H,2,15H2,1H3,(H,17,18). The number of halogens is 3. The number of anilines is 1. The topological polar surface area (TPSA) is 78.0 Å². The van der Waals surface area contributed by atoms with Crippen LogP contribution in [0.25, 0.3) is 0 Å². The molecule has 108 valence electrons. The van der Waals surface area contributed by atoms with Gasteiger partial charge in [0.1, 0.15) is 5.82 Å². The molecular formula is C11H12F3N5O. The SMILES string of the molecule is CCn1cc(Oc2cc(C(F)(F)F)cc(NN)n2)cn1. The van der Waals surface area contributed by atoms with E-state index in [0.29, 0.717) is 12.3 Å². The second kappa shape index (κ2) is 5.37. The highest BCUT2D eigenvalue weighted by Crippen LogP contribution is 2.33. The highest BCUT2D eigenvalue weighted by Gasteiger charge is 2.32. The summed E-state index contributed by atoms with van der Waals surface area (Å²) in [5.41, 5.74) is 1.17. The fourth-order valence-electron chi connectivity index (χ4n) is 1.49. The van der Waals surface area contributed by atoms with E-state index >= 15 is 0 Å². The van der Waals surface area contributed by atoms with Crippen LogP contribution in [0, 0.1) is 0 Å². The summed E-state index contributed by atoms with van der Waals surface area (Å²) in [4.78, 5) is 3.80. The number of nitrogens with one attached hydrogen (secondary N) is 1. The van der Waals surface area contributed by atoms with Gasteiger partial charge < -0.3 is 10.2 Å². The molecule has 0 saturated carbocycles. The van der Waals surface area contributed by atoms with Crippen molar-refractivity contribution in [2.24, 2.45) is 5.84 Å². The van der Waals surface area contributed by atoms with Gasteiger partial charge in [0.15, 0.2) is 5.75 Å². The van der Waals surface area contributed by atoms with Crippen molar-refractivity contribution in [1.29, 1.82) is 0 Å². The third-order valence-corrected chi connectivity index (χ3v) is 2.43. The Bertz CT molecular complexity index is 596. The molecule has 0 unspecified atom stereocenters. The Kier molecular flexibility index (Phi) is 3.79. The molecule has 0 fully saturated rings. The van der Waals surface area contributed by atoms with Gasteiger partial charge in [0.2, 0.25) is 5.88 Å². The van der Waals surface area contributed by atoms with Crippen molar-refractivity contribution in [1.82, 2.24) is 14.8 Å². The fraction of sp³-hybridized carbons (Fsp3) is 0.273. The molecular weight excluding hydrogens is 275 g/mol. The van der Waals surface area contributed by atoms with E-state index in [1.54, 1.807) is 10.9 Å². The summed E-state index contributed by atoms with van der Waals surface area (Å²) in [7, 11) is 0. The Balaban J connectivity index is 2.31. The first-order valence-corrected chi connectivity index (χ1v) is 5.68. The number of hydrogen-bond acceptors (Lipinski definition) is 5. The largest absolute Gasteiger partial charge is 0.436 e. The molecule has 20 heavy (non-hydrogen) atoms. The third kappa shape index (κ3) is 3.18. The Morgan fingerprint density at radius 3 is 2.70 bits per heavy atom. The maximum absolute atomic E-state index is 12.7. The molecule has 0 spiro atoms. The van der Waals surface area contributed by atoms with Crippen LogP contribution in [0.4, 0.5) is 19.0 Å². The molecule has 0 aliphatic heterocycles. The van der Waals surface area contributed by atoms with Crippen LogP contribution in [-0.4, -0.2) is 14.8 Å². The second-order valence-corrected chi connectivity index (χ2v) is 3.86. The Morgan fingerprint density at radius 1 is 1.40 bits per heavy atom. The minimum absolute atomic E-state index is 0.141. The highest BCUT2D eigenvalue weighted by molar-refractivity contribution is 5.42. The van der Waals surface area contributed by atoms with E-state index in [1.165, 1.54) is 6.20 Å². The second-order valence-electron chi connectivity index (χ2n) is 3.86. The number of nitrogens with two attached hydrogens (primary N) is 1. The maximum Gasteiger partial charge on any atom is 0.416 e. The van der Waals surface area contributed by atoms with Crippen molar-refractivity contribution in [3.63, 3.8) is 0 Å². The number of nitrogen functional groups attached to an aromatic ring is 1. The van der Waals surface area contributed by atoms with Crippen molar-refractivity contribution < 1.29 is 17.9 Å². The Hall–Kier alpha value is -2.29. The molecule has 9 heteroatoms. The van der Waals surface area contributed by atoms with Crippen LogP contribution >= 0.6 is 0 Å². The molecule has 6 nitrogen and oxygen atoms in total. The monoisotopic (exact) mass is 287 g/mol. The zero-order valence-corrected chi connectivity index (χ0v) is 10.5.